The highest BCUT2D eigenvalue weighted by molar-refractivity contribution is 5.31. The highest BCUT2D eigenvalue weighted by atomic mass is 15.3. The average molecular weight is 269 g/mol. The van der Waals surface area contributed by atoms with Gasteiger partial charge in [0, 0.05) is 18.8 Å². The van der Waals surface area contributed by atoms with Crippen LogP contribution in [0, 0.1) is 13.8 Å². The smallest absolute Gasteiger partial charge is 0.0534 e. The molecule has 1 aliphatic carbocycles. The Morgan fingerprint density at radius 1 is 1.25 bits per heavy atom. The Bertz CT molecular complexity index is 567. The molecule has 1 N–H and O–H groups in total. The van der Waals surface area contributed by atoms with Crippen LogP contribution in [-0.4, -0.2) is 22.4 Å². The number of hydrogen-bond acceptors (Lipinski definition) is 2. The second-order valence-corrected chi connectivity index (χ2v) is 5.96. The van der Waals surface area contributed by atoms with E-state index in [-0.39, 0.29) is 0 Å². The van der Waals surface area contributed by atoms with Gasteiger partial charge >= 0.3 is 0 Å². The van der Waals surface area contributed by atoms with E-state index < -0.39 is 0 Å². The van der Waals surface area contributed by atoms with Gasteiger partial charge in [-0.2, -0.15) is 5.10 Å². The molecule has 3 heteroatoms. The summed E-state index contributed by atoms with van der Waals surface area (Å²) in [5, 5.41) is 7.94. The van der Waals surface area contributed by atoms with E-state index in [0.29, 0.717) is 6.04 Å². The van der Waals surface area contributed by atoms with E-state index in [4.69, 9.17) is 0 Å². The van der Waals surface area contributed by atoms with Gasteiger partial charge < -0.3 is 5.32 Å². The number of benzene rings is 1. The van der Waals surface area contributed by atoms with Crippen molar-refractivity contribution < 1.29 is 0 Å². The summed E-state index contributed by atoms with van der Waals surface area (Å²) in [5.41, 5.74) is 4.20. The zero-order valence-corrected chi connectivity index (χ0v) is 12.3. The molecule has 1 saturated carbocycles. The summed E-state index contributed by atoms with van der Waals surface area (Å²) < 4.78 is 2.01. The number of aromatic nitrogens is 2. The van der Waals surface area contributed by atoms with Crippen LogP contribution < -0.4 is 5.32 Å². The Balaban J connectivity index is 1.41. The number of rotatable bonds is 5. The van der Waals surface area contributed by atoms with Crippen LogP contribution in [0.1, 0.15) is 35.4 Å². The van der Waals surface area contributed by atoms with Gasteiger partial charge in [-0.3, -0.25) is 4.68 Å². The van der Waals surface area contributed by atoms with Crippen molar-refractivity contribution in [1.82, 2.24) is 15.1 Å². The molecule has 1 aromatic heterocycles. The lowest BCUT2D eigenvalue weighted by Crippen LogP contribution is -2.41. The minimum Gasteiger partial charge on any atom is -0.312 e. The van der Waals surface area contributed by atoms with Crippen molar-refractivity contribution in [2.45, 2.75) is 45.2 Å². The maximum Gasteiger partial charge on any atom is 0.0534 e. The van der Waals surface area contributed by atoms with E-state index in [1.54, 1.807) is 0 Å². The van der Waals surface area contributed by atoms with Crippen LogP contribution >= 0.6 is 0 Å². The first kappa shape index (κ1) is 13.4. The Morgan fingerprint density at radius 2 is 2.05 bits per heavy atom. The van der Waals surface area contributed by atoms with E-state index in [9.17, 15) is 0 Å². The largest absolute Gasteiger partial charge is 0.312 e. The topological polar surface area (TPSA) is 29.9 Å². The number of nitrogens with zero attached hydrogens (tertiary/aromatic N) is 2. The first-order valence-corrected chi connectivity index (χ1v) is 7.50. The summed E-state index contributed by atoms with van der Waals surface area (Å²) in [6.07, 6.45) is 6.54. The molecule has 0 spiro atoms. The van der Waals surface area contributed by atoms with Gasteiger partial charge in [0.2, 0.25) is 0 Å². The lowest BCUT2D eigenvalue weighted by Gasteiger charge is -2.37. The van der Waals surface area contributed by atoms with Crippen LogP contribution in [0.15, 0.2) is 36.7 Å². The predicted octanol–water partition coefficient (Wildman–Crippen LogP) is 3.04. The Morgan fingerprint density at radius 3 is 2.75 bits per heavy atom. The van der Waals surface area contributed by atoms with Gasteiger partial charge in [-0.1, -0.05) is 24.3 Å². The van der Waals surface area contributed by atoms with E-state index >= 15 is 0 Å². The standard InChI is InChI=1S/C17H23N3/c1-13-11-19-20(12-13)8-7-18-16-9-15(10-16)17-6-4-3-5-14(17)2/h3-6,11-12,15-16,18H,7-10H2,1-2H3. The third kappa shape index (κ3) is 2.93. The molecule has 0 atom stereocenters. The molecule has 0 saturated heterocycles. The molecule has 0 bridgehead atoms. The van der Waals surface area contributed by atoms with Gasteiger partial charge in [0.15, 0.2) is 0 Å². The molecular weight excluding hydrogens is 246 g/mol. The molecule has 1 fully saturated rings. The van der Waals surface area contributed by atoms with Crippen LogP contribution in [0.3, 0.4) is 0 Å². The first-order chi connectivity index (χ1) is 9.72. The molecule has 0 radical (unpaired) electrons. The molecule has 3 rings (SSSR count). The zero-order chi connectivity index (χ0) is 13.9. The van der Waals surface area contributed by atoms with Gasteiger partial charge in [0.05, 0.1) is 12.7 Å². The molecule has 1 heterocycles. The van der Waals surface area contributed by atoms with Crippen molar-refractivity contribution in [2.75, 3.05) is 6.54 Å². The van der Waals surface area contributed by atoms with Crippen molar-refractivity contribution in [3.05, 3.63) is 53.3 Å². The molecule has 3 nitrogen and oxygen atoms in total. The minimum absolute atomic E-state index is 0.677. The van der Waals surface area contributed by atoms with Crippen molar-refractivity contribution in [1.29, 1.82) is 0 Å². The molecule has 106 valence electrons. The molecule has 0 amide bonds. The molecule has 1 aliphatic rings. The fourth-order valence-corrected chi connectivity index (χ4v) is 3.06. The summed E-state index contributed by atoms with van der Waals surface area (Å²) in [4.78, 5) is 0. The van der Waals surface area contributed by atoms with Gasteiger partial charge in [0.1, 0.15) is 0 Å². The molecule has 20 heavy (non-hydrogen) atoms. The fraction of sp³-hybridized carbons (Fsp3) is 0.471. The van der Waals surface area contributed by atoms with Crippen molar-refractivity contribution in [3.8, 4) is 0 Å². The molecular formula is C17H23N3. The van der Waals surface area contributed by atoms with Crippen LogP contribution in [0.25, 0.3) is 0 Å². The number of nitrogens with one attached hydrogen (secondary N) is 1. The van der Waals surface area contributed by atoms with Gasteiger partial charge in [-0.05, 0) is 49.3 Å². The van der Waals surface area contributed by atoms with Crippen molar-refractivity contribution >= 4 is 0 Å². The average Bonchev–Trinajstić information content (AvgIpc) is 2.79. The van der Waals surface area contributed by atoms with Gasteiger partial charge in [-0.25, -0.2) is 0 Å². The summed E-state index contributed by atoms with van der Waals surface area (Å²) >= 11 is 0. The Kier molecular flexibility index (Phi) is 3.88. The molecule has 2 aromatic rings. The minimum atomic E-state index is 0.677. The molecule has 0 aliphatic heterocycles. The monoisotopic (exact) mass is 269 g/mol. The van der Waals surface area contributed by atoms with Gasteiger partial charge in [0.25, 0.3) is 0 Å². The maximum atomic E-state index is 4.31. The lowest BCUT2D eigenvalue weighted by atomic mass is 9.74. The predicted molar refractivity (Wildman–Crippen MR) is 81.9 cm³/mol. The summed E-state index contributed by atoms with van der Waals surface area (Å²) in [5.74, 6) is 0.751. The van der Waals surface area contributed by atoms with E-state index in [1.807, 2.05) is 10.9 Å². The summed E-state index contributed by atoms with van der Waals surface area (Å²) in [6, 6.07) is 9.46. The fourth-order valence-electron chi connectivity index (χ4n) is 3.06. The van der Waals surface area contributed by atoms with Crippen LogP contribution in [0.2, 0.25) is 0 Å². The van der Waals surface area contributed by atoms with Gasteiger partial charge in [-0.15, -0.1) is 0 Å². The van der Waals surface area contributed by atoms with Crippen LogP contribution in [-0.2, 0) is 6.54 Å². The quantitative estimate of drug-likeness (QED) is 0.904. The number of hydrogen-bond donors (Lipinski definition) is 1. The highest BCUT2D eigenvalue weighted by Gasteiger charge is 2.30. The van der Waals surface area contributed by atoms with E-state index in [0.717, 1.165) is 19.0 Å². The Hall–Kier alpha value is -1.61. The van der Waals surface area contributed by atoms with Crippen molar-refractivity contribution in [2.24, 2.45) is 0 Å². The lowest BCUT2D eigenvalue weighted by molar-refractivity contribution is 0.286. The summed E-state index contributed by atoms with van der Waals surface area (Å²) in [6.45, 7) is 6.26. The third-order valence-electron chi connectivity index (χ3n) is 4.30. The van der Waals surface area contributed by atoms with Crippen LogP contribution in [0.5, 0.6) is 0 Å². The zero-order valence-electron chi connectivity index (χ0n) is 12.3. The van der Waals surface area contributed by atoms with Crippen LogP contribution in [0.4, 0.5) is 0 Å². The third-order valence-corrected chi connectivity index (χ3v) is 4.30. The summed E-state index contributed by atoms with van der Waals surface area (Å²) in [7, 11) is 0. The maximum absolute atomic E-state index is 4.31. The molecule has 1 aromatic carbocycles. The number of aryl methyl sites for hydroxylation is 2. The van der Waals surface area contributed by atoms with E-state index in [2.05, 4.69) is 54.7 Å². The SMILES string of the molecule is Cc1cnn(CCNC2CC(c3ccccc3C)C2)c1. The second-order valence-electron chi connectivity index (χ2n) is 5.96. The van der Waals surface area contributed by atoms with Crippen molar-refractivity contribution in [3.63, 3.8) is 0 Å². The van der Waals surface area contributed by atoms with E-state index in [1.165, 1.54) is 29.5 Å². The normalized spacial score (nSPS) is 21.7. The molecule has 0 unspecified atom stereocenters. The second kappa shape index (κ2) is 5.80. The first-order valence-electron chi connectivity index (χ1n) is 7.50. The highest BCUT2D eigenvalue weighted by Crippen LogP contribution is 2.38. The Labute approximate surface area is 121 Å².